The number of halogens is 1. The summed E-state index contributed by atoms with van der Waals surface area (Å²) in [6, 6.07) is 6.45. The molecule has 0 saturated carbocycles. The highest BCUT2D eigenvalue weighted by atomic mass is 79.9. The van der Waals surface area contributed by atoms with E-state index < -0.39 is 0 Å². The minimum absolute atomic E-state index is 0.637. The number of rotatable bonds is 3. The molecule has 1 aromatic carbocycles. The lowest BCUT2D eigenvalue weighted by atomic mass is 10.1. The van der Waals surface area contributed by atoms with E-state index in [2.05, 4.69) is 50.0 Å². The predicted octanol–water partition coefficient (Wildman–Crippen LogP) is 2.65. The molecule has 0 aliphatic rings. The minimum Gasteiger partial charge on any atom is -0.330 e. The Morgan fingerprint density at radius 2 is 2.16 bits per heavy atom. The summed E-state index contributed by atoms with van der Waals surface area (Å²) in [5.74, 6) is 0.957. The summed E-state index contributed by atoms with van der Waals surface area (Å²) in [6.07, 6.45) is 1.87. The van der Waals surface area contributed by atoms with Crippen molar-refractivity contribution in [2.24, 2.45) is 12.8 Å². The van der Waals surface area contributed by atoms with E-state index in [9.17, 15) is 0 Å². The third kappa shape index (κ3) is 1.80. The Hall–Kier alpha value is -1.33. The molecule has 0 bridgehead atoms. The fourth-order valence-corrected chi connectivity index (χ4v) is 3.36. The summed E-state index contributed by atoms with van der Waals surface area (Å²) < 4.78 is 5.34. The molecule has 0 aliphatic heterocycles. The largest absolute Gasteiger partial charge is 0.330 e. The van der Waals surface area contributed by atoms with E-state index >= 15 is 0 Å². The van der Waals surface area contributed by atoms with Crippen molar-refractivity contribution in [2.45, 2.75) is 19.8 Å². The van der Waals surface area contributed by atoms with Crippen LogP contribution in [-0.2, 0) is 19.9 Å². The van der Waals surface area contributed by atoms with Crippen LogP contribution in [0.1, 0.15) is 18.2 Å². The maximum absolute atomic E-state index is 5.68. The molecule has 4 nitrogen and oxygen atoms in total. The topological polar surface area (TPSA) is 48.2 Å². The van der Waals surface area contributed by atoms with E-state index in [4.69, 9.17) is 10.7 Å². The number of benzene rings is 1. The van der Waals surface area contributed by atoms with Crippen LogP contribution >= 0.6 is 15.9 Å². The van der Waals surface area contributed by atoms with Crippen LogP contribution in [0.3, 0.4) is 0 Å². The van der Waals surface area contributed by atoms with Gasteiger partial charge in [0, 0.05) is 13.5 Å². The molecule has 0 spiro atoms. The zero-order valence-electron chi connectivity index (χ0n) is 11.2. The summed E-state index contributed by atoms with van der Waals surface area (Å²) in [7, 11) is 2.04. The van der Waals surface area contributed by atoms with Gasteiger partial charge in [0.25, 0.3) is 0 Å². The lowest BCUT2D eigenvalue weighted by molar-refractivity contribution is 0.816. The summed E-state index contributed by atoms with van der Waals surface area (Å²) in [5.41, 5.74) is 10.4. The van der Waals surface area contributed by atoms with Gasteiger partial charge in [-0.3, -0.25) is 4.40 Å². The second-order valence-corrected chi connectivity index (χ2v) is 5.51. The smallest absolute Gasteiger partial charge is 0.215 e. The molecule has 0 amide bonds. The first-order valence-electron chi connectivity index (χ1n) is 6.51. The Bertz CT molecular complexity index is 754. The Balaban J connectivity index is 2.37. The molecule has 2 N–H and O–H groups in total. The zero-order chi connectivity index (χ0) is 13.6. The van der Waals surface area contributed by atoms with Crippen LogP contribution < -0.4 is 5.73 Å². The number of nitrogens with two attached hydrogens (primary N) is 1. The van der Waals surface area contributed by atoms with Gasteiger partial charge in [-0.2, -0.15) is 0 Å². The van der Waals surface area contributed by atoms with E-state index in [-0.39, 0.29) is 0 Å². The molecule has 0 unspecified atom stereocenters. The molecule has 100 valence electrons. The van der Waals surface area contributed by atoms with Crippen LogP contribution in [0.15, 0.2) is 22.8 Å². The van der Waals surface area contributed by atoms with Gasteiger partial charge in [0.05, 0.1) is 16.7 Å². The van der Waals surface area contributed by atoms with E-state index in [1.165, 1.54) is 11.3 Å². The molecule has 5 heteroatoms. The van der Waals surface area contributed by atoms with Gasteiger partial charge < -0.3 is 10.3 Å². The van der Waals surface area contributed by atoms with Crippen LogP contribution in [0.4, 0.5) is 0 Å². The highest BCUT2D eigenvalue weighted by molar-refractivity contribution is 9.10. The van der Waals surface area contributed by atoms with Crippen molar-refractivity contribution in [1.29, 1.82) is 0 Å². The van der Waals surface area contributed by atoms with Gasteiger partial charge in [-0.25, -0.2) is 4.98 Å². The summed E-state index contributed by atoms with van der Waals surface area (Å²) in [4.78, 5) is 4.71. The van der Waals surface area contributed by atoms with Crippen molar-refractivity contribution in [2.75, 3.05) is 6.54 Å². The van der Waals surface area contributed by atoms with Crippen LogP contribution in [0, 0.1) is 0 Å². The number of aromatic nitrogens is 3. The first-order chi connectivity index (χ1) is 9.17. The number of nitrogens with zero attached hydrogens (tertiary/aromatic N) is 3. The monoisotopic (exact) mass is 320 g/mol. The number of imidazole rings is 2. The summed E-state index contributed by atoms with van der Waals surface area (Å²) in [5, 5.41) is 0. The Morgan fingerprint density at radius 1 is 1.37 bits per heavy atom. The summed E-state index contributed by atoms with van der Waals surface area (Å²) in [6.45, 7) is 2.80. The van der Waals surface area contributed by atoms with E-state index in [0.717, 1.165) is 34.3 Å². The number of hydrogen-bond donors (Lipinski definition) is 1. The van der Waals surface area contributed by atoms with Crippen LogP contribution in [0.2, 0.25) is 0 Å². The van der Waals surface area contributed by atoms with Gasteiger partial charge in [0.15, 0.2) is 0 Å². The highest BCUT2D eigenvalue weighted by Gasteiger charge is 2.17. The van der Waals surface area contributed by atoms with Crippen molar-refractivity contribution >= 4 is 32.7 Å². The van der Waals surface area contributed by atoms with Crippen molar-refractivity contribution < 1.29 is 0 Å². The van der Waals surface area contributed by atoms with Crippen LogP contribution in [-0.4, -0.2) is 20.5 Å². The van der Waals surface area contributed by atoms with Crippen LogP contribution in [0.5, 0.6) is 0 Å². The van der Waals surface area contributed by atoms with E-state index in [1.54, 1.807) is 0 Å². The molecule has 3 aromatic rings. The second kappa shape index (κ2) is 4.65. The molecule has 0 saturated heterocycles. The molecule has 0 radical (unpaired) electrons. The number of hydrogen-bond acceptors (Lipinski definition) is 2. The van der Waals surface area contributed by atoms with Gasteiger partial charge in [0.1, 0.15) is 4.60 Å². The fraction of sp³-hybridized carbons (Fsp3) is 0.357. The molecule has 0 fully saturated rings. The third-order valence-corrected chi connectivity index (χ3v) is 4.44. The molecule has 19 heavy (non-hydrogen) atoms. The lowest BCUT2D eigenvalue weighted by Gasteiger charge is -2.01. The van der Waals surface area contributed by atoms with Gasteiger partial charge >= 0.3 is 0 Å². The first-order valence-corrected chi connectivity index (χ1v) is 7.30. The standard InChI is InChI=1S/C14H17BrN4/c1-3-9-4-5-10-12(8-9)19-13(15)11(6-7-16)18(2)14(19)17-10/h4-5,8H,3,6-7,16H2,1-2H3. The number of fused-ring (bicyclic) bond motifs is 3. The molecule has 2 heterocycles. The molecule has 0 atom stereocenters. The van der Waals surface area contributed by atoms with Gasteiger partial charge in [0.2, 0.25) is 5.78 Å². The van der Waals surface area contributed by atoms with E-state index in [1.807, 2.05) is 7.05 Å². The molecular weight excluding hydrogens is 304 g/mol. The predicted molar refractivity (Wildman–Crippen MR) is 81.5 cm³/mol. The average Bonchev–Trinajstić information content (AvgIpc) is 2.90. The van der Waals surface area contributed by atoms with E-state index in [0.29, 0.717) is 6.54 Å². The zero-order valence-corrected chi connectivity index (χ0v) is 12.7. The SMILES string of the molecule is CCc1ccc2nc3n(C)c(CCN)c(Br)n3c2c1. The van der Waals surface area contributed by atoms with Gasteiger partial charge in [-0.15, -0.1) is 0 Å². The minimum atomic E-state index is 0.637. The Kier molecular flexibility index (Phi) is 3.11. The maximum atomic E-state index is 5.68. The summed E-state index contributed by atoms with van der Waals surface area (Å²) >= 11 is 3.70. The van der Waals surface area contributed by atoms with Gasteiger partial charge in [-0.1, -0.05) is 13.0 Å². The Labute approximate surface area is 120 Å². The van der Waals surface area contributed by atoms with Crippen LogP contribution in [0.25, 0.3) is 16.8 Å². The normalized spacial score (nSPS) is 11.8. The number of aryl methyl sites for hydroxylation is 2. The van der Waals surface area contributed by atoms with Crippen molar-refractivity contribution in [3.63, 3.8) is 0 Å². The Morgan fingerprint density at radius 3 is 2.84 bits per heavy atom. The fourth-order valence-electron chi connectivity index (χ4n) is 2.54. The van der Waals surface area contributed by atoms with Crippen molar-refractivity contribution in [3.8, 4) is 0 Å². The molecule has 0 aliphatic carbocycles. The lowest BCUT2D eigenvalue weighted by Crippen LogP contribution is -2.07. The molecule has 3 rings (SSSR count). The highest BCUT2D eigenvalue weighted by Crippen LogP contribution is 2.27. The first kappa shape index (κ1) is 12.7. The quantitative estimate of drug-likeness (QED) is 0.806. The van der Waals surface area contributed by atoms with Crippen molar-refractivity contribution in [3.05, 3.63) is 34.1 Å². The maximum Gasteiger partial charge on any atom is 0.215 e. The molecule has 2 aromatic heterocycles. The van der Waals surface area contributed by atoms with Crippen molar-refractivity contribution in [1.82, 2.24) is 14.0 Å². The van der Waals surface area contributed by atoms with Gasteiger partial charge in [-0.05, 0) is 46.6 Å². The second-order valence-electron chi connectivity index (χ2n) is 4.76. The molecular formula is C14H17BrN4. The average molecular weight is 321 g/mol. The third-order valence-electron chi connectivity index (χ3n) is 3.63.